The van der Waals surface area contributed by atoms with E-state index in [0.717, 1.165) is 19.0 Å². The monoisotopic (exact) mass is 433 g/mol. The van der Waals surface area contributed by atoms with E-state index in [-0.39, 0.29) is 11.6 Å². The zero-order chi connectivity index (χ0) is 22.9. The number of rotatable bonds is 8. The van der Waals surface area contributed by atoms with Crippen molar-refractivity contribution < 1.29 is 4.39 Å². The molecule has 0 unspecified atom stereocenters. The van der Waals surface area contributed by atoms with Crippen molar-refractivity contribution in [2.24, 2.45) is 4.99 Å². The van der Waals surface area contributed by atoms with Crippen molar-refractivity contribution in [2.45, 2.75) is 26.3 Å². The van der Waals surface area contributed by atoms with E-state index in [1.54, 1.807) is 12.1 Å². The van der Waals surface area contributed by atoms with Gasteiger partial charge in [-0.1, -0.05) is 30.3 Å². The lowest BCUT2D eigenvalue weighted by Crippen LogP contribution is -2.38. The van der Waals surface area contributed by atoms with Crippen molar-refractivity contribution in [3.05, 3.63) is 77.2 Å². The molecular weight excluding hydrogens is 405 g/mol. The van der Waals surface area contributed by atoms with Crippen molar-refractivity contribution in [1.82, 2.24) is 20.0 Å². The molecule has 0 fully saturated rings. The van der Waals surface area contributed by atoms with E-state index in [1.165, 1.54) is 22.4 Å². The maximum atomic E-state index is 13.2. The van der Waals surface area contributed by atoms with Crippen LogP contribution in [0.1, 0.15) is 30.2 Å². The highest BCUT2D eigenvalue weighted by Crippen LogP contribution is 2.21. The summed E-state index contributed by atoms with van der Waals surface area (Å²) in [7, 11) is 2.01. The number of halogens is 1. The molecule has 8 heteroatoms. The van der Waals surface area contributed by atoms with Crippen molar-refractivity contribution in [3.8, 4) is 11.8 Å². The van der Waals surface area contributed by atoms with Crippen LogP contribution in [-0.2, 0) is 13.0 Å². The van der Waals surface area contributed by atoms with Crippen LogP contribution in [0.2, 0.25) is 0 Å². The van der Waals surface area contributed by atoms with Crippen LogP contribution in [0.5, 0.6) is 0 Å². The number of hydrogen-bond donors (Lipinski definition) is 2. The smallest absolute Gasteiger partial charge is 0.193 e. The van der Waals surface area contributed by atoms with Gasteiger partial charge in [0.1, 0.15) is 23.3 Å². The molecule has 0 aliphatic rings. The molecule has 32 heavy (non-hydrogen) atoms. The number of anilines is 1. The van der Waals surface area contributed by atoms with E-state index in [1.807, 2.05) is 32.2 Å². The van der Waals surface area contributed by atoms with E-state index in [9.17, 15) is 9.65 Å². The zero-order valence-corrected chi connectivity index (χ0v) is 18.4. The SMILES string of the molecule is CCNC(=NCCCc1nn(-c2ccc(F)cc2)c(N)c1C#N)N(C)Cc1ccccc1. The molecule has 0 bridgehead atoms. The third-order valence-electron chi connectivity index (χ3n) is 4.97. The van der Waals surface area contributed by atoms with Gasteiger partial charge in [-0.05, 0) is 49.6 Å². The summed E-state index contributed by atoms with van der Waals surface area (Å²) in [6, 6.07) is 18.2. The molecule has 3 rings (SSSR count). The number of hydrogen-bond acceptors (Lipinski definition) is 4. The lowest BCUT2D eigenvalue weighted by Gasteiger charge is -2.22. The standard InChI is InChI=1S/C24H28FN7/c1-3-28-24(31(2)17-18-8-5-4-6-9-18)29-15-7-10-22-21(16-26)23(27)32(30-22)20-13-11-19(25)12-14-20/h4-6,8-9,11-14H,3,7,10,15,17,27H2,1-2H3,(H,28,29). The van der Waals surface area contributed by atoms with Crippen LogP contribution >= 0.6 is 0 Å². The molecule has 1 aromatic heterocycles. The second-order valence-electron chi connectivity index (χ2n) is 7.39. The maximum absolute atomic E-state index is 13.2. The third kappa shape index (κ3) is 5.64. The predicted molar refractivity (Wildman–Crippen MR) is 125 cm³/mol. The van der Waals surface area contributed by atoms with Crippen LogP contribution in [0.25, 0.3) is 5.69 Å². The Labute approximate surface area is 188 Å². The van der Waals surface area contributed by atoms with Gasteiger partial charge in [-0.15, -0.1) is 0 Å². The number of aliphatic imine (C=N–C) groups is 1. The first-order chi connectivity index (χ1) is 15.5. The van der Waals surface area contributed by atoms with E-state index >= 15 is 0 Å². The van der Waals surface area contributed by atoms with Crippen molar-refractivity contribution in [2.75, 3.05) is 25.9 Å². The molecule has 0 saturated carbocycles. The molecule has 0 atom stereocenters. The highest BCUT2D eigenvalue weighted by molar-refractivity contribution is 5.79. The van der Waals surface area contributed by atoms with Gasteiger partial charge in [-0.3, -0.25) is 4.99 Å². The molecule has 1 heterocycles. The summed E-state index contributed by atoms with van der Waals surface area (Å²) in [4.78, 5) is 6.80. The zero-order valence-electron chi connectivity index (χ0n) is 18.4. The topological polar surface area (TPSA) is 95.3 Å². The minimum atomic E-state index is -0.341. The van der Waals surface area contributed by atoms with E-state index < -0.39 is 0 Å². The maximum Gasteiger partial charge on any atom is 0.193 e. The number of nitrogens with one attached hydrogen (secondary N) is 1. The predicted octanol–water partition coefficient (Wildman–Crippen LogP) is 3.50. The van der Waals surface area contributed by atoms with Crippen LogP contribution in [0, 0.1) is 17.1 Å². The first-order valence-electron chi connectivity index (χ1n) is 10.6. The summed E-state index contributed by atoms with van der Waals surface area (Å²) in [5.74, 6) is 0.744. The molecular formula is C24H28FN7. The number of nitrogen functional groups attached to an aromatic ring is 1. The Morgan fingerprint density at radius 1 is 1.22 bits per heavy atom. The molecule has 0 radical (unpaired) electrons. The van der Waals surface area contributed by atoms with Gasteiger partial charge in [0, 0.05) is 26.7 Å². The second kappa shape index (κ2) is 11.0. The Bertz CT molecular complexity index is 1080. The molecule has 0 saturated heterocycles. The van der Waals surface area contributed by atoms with Crippen molar-refractivity contribution >= 4 is 11.8 Å². The number of benzene rings is 2. The van der Waals surface area contributed by atoms with Crippen LogP contribution < -0.4 is 11.1 Å². The molecule has 166 valence electrons. The fourth-order valence-electron chi connectivity index (χ4n) is 3.39. The largest absolute Gasteiger partial charge is 0.382 e. The van der Waals surface area contributed by atoms with Gasteiger partial charge in [-0.25, -0.2) is 9.07 Å². The van der Waals surface area contributed by atoms with E-state index in [4.69, 9.17) is 10.7 Å². The van der Waals surface area contributed by atoms with Crippen LogP contribution in [0.4, 0.5) is 10.2 Å². The lowest BCUT2D eigenvalue weighted by atomic mass is 10.1. The number of nitriles is 1. The summed E-state index contributed by atoms with van der Waals surface area (Å²) < 4.78 is 14.7. The summed E-state index contributed by atoms with van der Waals surface area (Å²) in [6.07, 6.45) is 1.27. The summed E-state index contributed by atoms with van der Waals surface area (Å²) >= 11 is 0. The number of aromatic nitrogens is 2. The minimum Gasteiger partial charge on any atom is -0.382 e. The first kappa shape index (κ1) is 22.8. The molecule has 3 aromatic rings. The van der Waals surface area contributed by atoms with Gasteiger partial charge in [0.25, 0.3) is 0 Å². The van der Waals surface area contributed by atoms with Crippen molar-refractivity contribution in [1.29, 1.82) is 5.26 Å². The number of nitrogens with two attached hydrogens (primary N) is 1. The first-order valence-corrected chi connectivity index (χ1v) is 10.6. The average molecular weight is 434 g/mol. The highest BCUT2D eigenvalue weighted by Gasteiger charge is 2.16. The highest BCUT2D eigenvalue weighted by atomic mass is 19.1. The fraction of sp³-hybridized carbons (Fsp3) is 0.292. The van der Waals surface area contributed by atoms with E-state index in [0.29, 0.717) is 36.3 Å². The second-order valence-corrected chi connectivity index (χ2v) is 7.39. The molecule has 0 aliphatic carbocycles. The summed E-state index contributed by atoms with van der Waals surface area (Å²) in [5, 5.41) is 17.4. The fourth-order valence-corrected chi connectivity index (χ4v) is 3.39. The van der Waals surface area contributed by atoms with Crippen molar-refractivity contribution in [3.63, 3.8) is 0 Å². The third-order valence-corrected chi connectivity index (χ3v) is 4.97. The molecule has 3 N–H and O–H groups in total. The normalized spacial score (nSPS) is 11.2. The van der Waals surface area contributed by atoms with Gasteiger partial charge in [0.15, 0.2) is 5.96 Å². The van der Waals surface area contributed by atoms with Crippen LogP contribution in [0.15, 0.2) is 59.6 Å². The Balaban J connectivity index is 1.66. The quantitative estimate of drug-likeness (QED) is 0.322. The Morgan fingerprint density at radius 2 is 1.94 bits per heavy atom. The van der Waals surface area contributed by atoms with Gasteiger partial charge >= 0.3 is 0 Å². The molecule has 0 spiro atoms. The van der Waals surface area contributed by atoms with Gasteiger partial charge in [-0.2, -0.15) is 10.4 Å². The number of aryl methyl sites for hydroxylation is 1. The molecule has 0 aliphatic heterocycles. The number of guanidine groups is 1. The van der Waals surface area contributed by atoms with E-state index in [2.05, 4.69) is 33.5 Å². The molecule has 2 aromatic carbocycles. The number of nitrogens with zero attached hydrogens (tertiary/aromatic N) is 5. The average Bonchev–Trinajstić information content (AvgIpc) is 3.12. The van der Waals surface area contributed by atoms with Gasteiger partial charge in [0.05, 0.1) is 11.4 Å². The molecule has 7 nitrogen and oxygen atoms in total. The summed E-state index contributed by atoms with van der Waals surface area (Å²) in [6.45, 7) is 4.14. The van der Waals surface area contributed by atoms with Crippen LogP contribution in [-0.4, -0.2) is 40.8 Å². The summed E-state index contributed by atoms with van der Waals surface area (Å²) in [5.41, 5.74) is 8.92. The Kier molecular flexibility index (Phi) is 7.81. The van der Waals surface area contributed by atoms with Crippen LogP contribution in [0.3, 0.4) is 0 Å². The molecule has 0 amide bonds. The van der Waals surface area contributed by atoms with Gasteiger partial charge < -0.3 is 16.0 Å². The van der Waals surface area contributed by atoms with Gasteiger partial charge in [0.2, 0.25) is 0 Å². The minimum absolute atomic E-state index is 0.258. The Morgan fingerprint density at radius 3 is 2.59 bits per heavy atom. The lowest BCUT2D eigenvalue weighted by molar-refractivity contribution is 0.476. The Hall–Kier alpha value is -3.86.